The molecular weight excluding hydrogens is 509 g/mol. The minimum atomic E-state index is -4.63. The molecule has 0 aliphatic carbocycles. The van der Waals surface area contributed by atoms with Crippen molar-refractivity contribution in [2.45, 2.75) is 50.7 Å². The number of benzene rings is 1. The number of nitrogens with zero attached hydrogens (tertiary/aromatic N) is 5. The predicted octanol–water partition coefficient (Wildman–Crippen LogP) is 4.15. The van der Waals surface area contributed by atoms with E-state index in [1.165, 1.54) is 6.20 Å². The molecule has 2 aromatic heterocycles. The van der Waals surface area contributed by atoms with E-state index in [4.69, 9.17) is 5.73 Å². The molecule has 1 aromatic carbocycles. The Bertz CT molecular complexity index is 1240. The lowest BCUT2D eigenvalue weighted by atomic mass is 9.98. The van der Waals surface area contributed by atoms with Crippen LogP contribution in [-0.4, -0.2) is 56.6 Å². The molecule has 1 aliphatic heterocycles. The number of piperidine rings is 1. The molecular formula is C25H28F5N7O. The van der Waals surface area contributed by atoms with Crippen molar-refractivity contribution < 1.29 is 26.7 Å². The number of aromatic nitrogens is 4. The van der Waals surface area contributed by atoms with Gasteiger partial charge in [0.25, 0.3) is 6.43 Å². The summed E-state index contributed by atoms with van der Waals surface area (Å²) in [5.74, 6) is -0.536. The fraction of sp³-hybridized carbons (Fsp3) is 0.440. The van der Waals surface area contributed by atoms with E-state index in [1.807, 2.05) is 0 Å². The van der Waals surface area contributed by atoms with Crippen molar-refractivity contribution in [3.8, 4) is 0 Å². The molecule has 1 saturated heterocycles. The highest BCUT2D eigenvalue weighted by Crippen LogP contribution is 2.32. The zero-order chi connectivity index (χ0) is 27.3. The minimum absolute atomic E-state index is 0.00584. The Morgan fingerprint density at radius 2 is 1.82 bits per heavy atom. The highest BCUT2D eigenvalue weighted by Gasteiger charge is 2.35. The largest absolute Gasteiger partial charge is 0.419 e. The first-order valence-electron chi connectivity index (χ1n) is 12.2. The standard InChI is InChI=1S/C25H28F5N7O/c26-22(27)15-36-9-7-19(8-10-36)37-14-18(12-33-37)34-24-32-13-20(25(28,29)30)21(35-24)6-5-16-3-1-2-4-17(16)11-23(31)38/h1-4,12-14,19,22H,5-11,15H2,(H2,31,38)(H,32,34,35). The normalized spacial score (nSPS) is 15.2. The number of primary amides is 1. The summed E-state index contributed by atoms with van der Waals surface area (Å²) in [6.45, 7) is 0.820. The third kappa shape index (κ3) is 7.24. The van der Waals surface area contributed by atoms with Crippen LogP contribution in [0.15, 0.2) is 42.9 Å². The van der Waals surface area contributed by atoms with Gasteiger partial charge in [-0.05, 0) is 36.8 Å². The highest BCUT2D eigenvalue weighted by molar-refractivity contribution is 5.77. The number of amides is 1. The number of hydrogen-bond donors (Lipinski definition) is 2. The van der Waals surface area contributed by atoms with E-state index in [0.717, 1.165) is 6.20 Å². The summed E-state index contributed by atoms with van der Waals surface area (Å²) in [7, 11) is 0. The average Bonchev–Trinajstić information content (AvgIpc) is 3.31. The summed E-state index contributed by atoms with van der Waals surface area (Å²) in [6.07, 6.45) is -1.52. The summed E-state index contributed by atoms with van der Waals surface area (Å²) < 4.78 is 68.0. The number of carbonyl (C=O) groups is 1. The van der Waals surface area contributed by atoms with Crippen molar-refractivity contribution in [3.05, 3.63) is 65.2 Å². The number of hydrogen-bond acceptors (Lipinski definition) is 6. The topological polar surface area (TPSA) is 102 Å². The summed E-state index contributed by atoms with van der Waals surface area (Å²) in [5.41, 5.74) is 6.06. The van der Waals surface area contributed by atoms with Crippen molar-refractivity contribution in [1.82, 2.24) is 24.6 Å². The summed E-state index contributed by atoms with van der Waals surface area (Å²) in [4.78, 5) is 21.1. The lowest BCUT2D eigenvalue weighted by Gasteiger charge is -2.31. The third-order valence-corrected chi connectivity index (χ3v) is 6.47. The maximum Gasteiger partial charge on any atom is 0.419 e. The molecule has 0 unspecified atom stereocenters. The van der Waals surface area contributed by atoms with Gasteiger partial charge in [-0.25, -0.2) is 18.7 Å². The van der Waals surface area contributed by atoms with Crippen LogP contribution in [-0.2, 0) is 30.2 Å². The lowest BCUT2D eigenvalue weighted by Crippen LogP contribution is -2.37. The van der Waals surface area contributed by atoms with E-state index in [1.54, 1.807) is 40.0 Å². The third-order valence-electron chi connectivity index (χ3n) is 6.47. The second-order valence-corrected chi connectivity index (χ2v) is 9.22. The average molecular weight is 538 g/mol. The van der Waals surface area contributed by atoms with Crippen molar-refractivity contribution in [2.75, 3.05) is 25.0 Å². The fourth-order valence-corrected chi connectivity index (χ4v) is 4.61. The SMILES string of the molecule is NC(=O)Cc1ccccc1CCc1nc(Nc2cnn(C3CCN(CC(F)F)CC3)c2)ncc1C(F)(F)F. The van der Waals surface area contributed by atoms with Gasteiger partial charge in [0.15, 0.2) is 0 Å². The number of nitrogens with one attached hydrogen (secondary N) is 1. The summed E-state index contributed by atoms with van der Waals surface area (Å²) >= 11 is 0. The highest BCUT2D eigenvalue weighted by atomic mass is 19.4. The zero-order valence-electron chi connectivity index (χ0n) is 20.5. The number of halogens is 5. The lowest BCUT2D eigenvalue weighted by molar-refractivity contribution is -0.138. The van der Waals surface area contributed by atoms with Crippen LogP contribution < -0.4 is 11.1 Å². The van der Waals surface area contributed by atoms with E-state index in [2.05, 4.69) is 20.4 Å². The summed E-state index contributed by atoms with van der Waals surface area (Å²) in [5, 5.41) is 7.23. The second kappa shape index (κ2) is 11.8. The Balaban J connectivity index is 1.46. The monoisotopic (exact) mass is 537 g/mol. The van der Waals surface area contributed by atoms with Crippen molar-refractivity contribution in [1.29, 1.82) is 0 Å². The van der Waals surface area contributed by atoms with Gasteiger partial charge in [0.05, 0.1) is 42.1 Å². The fourth-order valence-electron chi connectivity index (χ4n) is 4.61. The Morgan fingerprint density at radius 3 is 2.47 bits per heavy atom. The molecule has 0 saturated carbocycles. The molecule has 0 atom stereocenters. The Morgan fingerprint density at radius 1 is 1.11 bits per heavy atom. The number of carbonyl (C=O) groups excluding carboxylic acids is 1. The maximum atomic E-state index is 13.7. The molecule has 3 N–H and O–H groups in total. The van der Waals surface area contributed by atoms with Crippen LogP contribution in [0.3, 0.4) is 0 Å². The predicted molar refractivity (Wildman–Crippen MR) is 130 cm³/mol. The molecule has 0 bridgehead atoms. The van der Waals surface area contributed by atoms with E-state index in [-0.39, 0.29) is 43.5 Å². The van der Waals surface area contributed by atoms with E-state index >= 15 is 0 Å². The van der Waals surface area contributed by atoms with Gasteiger partial charge in [0, 0.05) is 25.5 Å². The van der Waals surface area contributed by atoms with Crippen molar-refractivity contribution >= 4 is 17.5 Å². The van der Waals surface area contributed by atoms with Gasteiger partial charge in [0.1, 0.15) is 0 Å². The first-order valence-corrected chi connectivity index (χ1v) is 12.2. The number of anilines is 2. The smallest absolute Gasteiger partial charge is 0.369 e. The number of aryl methyl sites for hydroxylation is 2. The molecule has 8 nitrogen and oxygen atoms in total. The molecule has 13 heteroatoms. The van der Waals surface area contributed by atoms with E-state index in [0.29, 0.717) is 42.7 Å². The molecule has 0 spiro atoms. The molecule has 1 amide bonds. The van der Waals surface area contributed by atoms with Crippen molar-refractivity contribution in [3.63, 3.8) is 0 Å². The molecule has 0 radical (unpaired) electrons. The summed E-state index contributed by atoms with van der Waals surface area (Å²) in [6, 6.07) is 6.99. The quantitative estimate of drug-likeness (QED) is 0.377. The van der Waals surface area contributed by atoms with Crippen LogP contribution in [0.25, 0.3) is 0 Å². The number of likely N-dealkylation sites (tertiary alicyclic amines) is 1. The van der Waals surface area contributed by atoms with Gasteiger partial charge in [-0.15, -0.1) is 0 Å². The second-order valence-electron chi connectivity index (χ2n) is 9.22. The number of rotatable bonds is 10. The maximum absolute atomic E-state index is 13.7. The minimum Gasteiger partial charge on any atom is -0.369 e. The Hall–Kier alpha value is -3.61. The van der Waals surface area contributed by atoms with E-state index < -0.39 is 24.1 Å². The van der Waals surface area contributed by atoms with Crippen LogP contribution in [0.4, 0.5) is 33.6 Å². The molecule has 38 heavy (non-hydrogen) atoms. The number of nitrogens with two attached hydrogens (primary N) is 1. The van der Waals surface area contributed by atoms with E-state index in [9.17, 15) is 26.7 Å². The van der Waals surface area contributed by atoms with Crippen LogP contribution in [0, 0.1) is 0 Å². The molecule has 3 aromatic rings. The van der Waals surface area contributed by atoms with Gasteiger partial charge in [0.2, 0.25) is 11.9 Å². The Kier molecular flexibility index (Phi) is 8.55. The van der Waals surface area contributed by atoms with Crippen LogP contribution in [0.5, 0.6) is 0 Å². The van der Waals surface area contributed by atoms with Crippen LogP contribution >= 0.6 is 0 Å². The van der Waals surface area contributed by atoms with Gasteiger partial charge >= 0.3 is 6.18 Å². The molecule has 204 valence electrons. The van der Waals surface area contributed by atoms with Crippen LogP contribution in [0.1, 0.15) is 41.3 Å². The Labute approximate surface area is 216 Å². The molecule has 4 rings (SSSR count). The molecule has 1 aliphatic rings. The molecule has 1 fully saturated rings. The van der Waals surface area contributed by atoms with Gasteiger partial charge in [-0.1, -0.05) is 24.3 Å². The van der Waals surface area contributed by atoms with Crippen molar-refractivity contribution in [2.24, 2.45) is 5.73 Å². The van der Waals surface area contributed by atoms with Gasteiger partial charge in [-0.2, -0.15) is 18.3 Å². The first-order chi connectivity index (χ1) is 18.1. The first kappa shape index (κ1) is 27.4. The zero-order valence-corrected chi connectivity index (χ0v) is 20.5. The number of alkyl halides is 5. The molecule has 3 heterocycles. The van der Waals surface area contributed by atoms with Gasteiger partial charge in [-0.3, -0.25) is 14.4 Å². The van der Waals surface area contributed by atoms with Crippen LogP contribution in [0.2, 0.25) is 0 Å². The van der Waals surface area contributed by atoms with Gasteiger partial charge < -0.3 is 11.1 Å².